The predicted octanol–water partition coefficient (Wildman–Crippen LogP) is 4.79. The minimum absolute atomic E-state index is 0.0875. The van der Waals surface area contributed by atoms with Crippen LogP contribution in [-0.4, -0.2) is 13.2 Å². The Morgan fingerprint density at radius 1 is 1.10 bits per heavy atom. The lowest BCUT2D eigenvalue weighted by Crippen LogP contribution is -2.12. The summed E-state index contributed by atoms with van der Waals surface area (Å²) < 4.78 is 17.2. The first-order valence-electron chi connectivity index (χ1n) is 7.15. The van der Waals surface area contributed by atoms with Crippen molar-refractivity contribution in [2.75, 3.05) is 13.2 Å². The molecule has 0 N–H and O–H groups in total. The van der Waals surface area contributed by atoms with Gasteiger partial charge in [0.05, 0.1) is 18.0 Å². The SMILES string of the molecule is Cc1cc(C(Br)c2ccc3c(c2)OCC(C)CO3)c(C)o1. The van der Waals surface area contributed by atoms with Crippen molar-refractivity contribution < 1.29 is 13.9 Å². The number of hydrogen-bond donors (Lipinski definition) is 0. The van der Waals surface area contributed by atoms with Crippen LogP contribution in [0.25, 0.3) is 0 Å². The van der Waals surface area contributed by atoms with Gasteiger partial charge >= 0.3 is 0 Å². The van der Waals surface area contributed by atoms with E-state index in [-0.39, 0.29) is 4.83 Å². The largest absolute Gasteiger partial charge is 0.489 e. The molecule has 21 heavy (non-hydrogen) atoms. The van der Waals surface area contributed by atoms with Crippen LogP contribution in [0.15, 0.2) is 28.7 Å². The molecule has 112 valence electrons. The number of halogens is 1. The summed E-state index contributed by atoms with van der Waals surface area (Å²) in [4.78, 5) is 0.0875. The van der Waals surface area contributed by atoms with E-state index in [0.29, 0.717) is 19.1 Å². The fourth-order valence-corrected chi connectivity index (χ4v) is 3.25. The van der Waals surface area contributed by atoms with Gasteiger partial charge in [-0.25, -0.2) is 0 Å². The highest BCUT2D eigenvalue weighted by atomic mass is 79.9. The number of fused-ring (bicyclic) bond motifs is 1. The predicted molar refractivity (Wildman–Crippen MR) is 85.5 cm³/mol. The van der Waals surface area contributed by atoms with E-state index in [9.17, 15) is 0 Å². The number of rotatable bonds is 2. The molecule has 0 fully saturated rings. The first kappa shape index (κ1) is 14.5. The zero-order valence-electron chi connectivity index (χ0n) is 12.5. The Hall–Kier alpha value is -1.42. The Morgan fingerprint density at radius 3 is 2.48 bits per heavy atom. The molecule has 1 aromatic heterocycles. The smallest absolute Gasteiger partial charge is 0.161 e. The van der Waals surface area contributed by atoms with Crippen LogP contribution in [0.5, 0.6) is 11.5 Å². The fraction of sp³-hybridized carbons (Fsp3) is 0.412. The van der Waals surface area contributed by atoms with Crippen molar-refractivity contribution in [3.63, 3.8) is 0 Å². The van der Waals surface area contributed by atoms with E-state index in [1.54, 1.807) is 0 Å². The van der Waals surface area contributed by atoms with E-state index in [0.717, 1.165) is 34.1 Å². The van der Waals surface area contributed by atoms with Gasteiger partial charge in [-0.2, -0.15) is 0 Å². The quantitative estimate of drug-likeness (QED) is 0.729. The lowest BCUT2D eigenvalue weighted by Gasteiger charge is -2.13. The highest BCUT2D eigenvalue weighted by Gasteiger charge is 2.20. The molecule has 1 aliphatic heterocycles. The first-order valence-corrected chi connectivity index (χ1v) is 8.06. The van der Waals surface area contributed by atoms with Gasteiger partial charge < -0.3 is 13.9 Å². The highest BCUT2D eigenvalue weighted by Crippen LogP contribution is 2.39. The molecule has 3 nitrogen and oxygen atoms in total. The molecule has 3 rings (SSSR count). The van der Waals surface area contributed by atoms with Gasteiger partial charge in [-0.05, 0) is 37.6 Å². The second-order valence-corrected chi connectivity index (χ2v) is 6.58. The van der Waals surface area contributed by atoms with Crippen LogP contribution in [0.2, 0.25) is 0 Å². The van der Waals surface area contributed by atoms with E-state index >= 15 is 0 Å². The maximum Gasteiger partial charge on any atom is 0.161 e. The third-order valence-corrected chi connectivity index (χ3v) is 4.68. The molecule has 0 saturated heterocycles. The van der Waals surface area contributed by atoms with Crippen LogP contribution < -0.4 is 9.47 Å². The number of benzene rings is 1. The normalized spacial score (nSPS) is 19.1. The lowest BCUT2D eigenvalue weighted by molar-refractivity contribution is 0.228. The molecule has 4 heteroatoms. The molecular weight excluding hydrogens is 332 g/mol. The molecule has 2 unspecified atom stereocenters. The highest BCUT2D eigenvalue weighted by molar-refractivity contribution is 9.09. The monoisotopic (exact) mass is 350 g/mol. The van der Waals surface area contributed by atoms with E-state index in [1.807, 2.05) is 19.9 Å². The molecule has 0 amide bonds. The van der Waals surface area contributed by atoms with Gasteiger partial charge in [0.15, 0.2) is 11.5 Å². The Morgan fingerprint density at radius 2 is 1.81 bits per heavy atom. The minimum atomic E-state index is 0.0875. The topological polar surface area (TPSA) is 31.6 Å². The molecular formula is C17H19BrO3. The standard InChI is InChI=1S/C17H19BrO3/c1-10-8-19-15-5-4-13(7-16(15)20-9-10)17(18)14-6-11(2)21-12(14)3/h4-7,10,17H,8-9H2,1-3H3. The van der Waals surface area contributed by atoms with Crippen molar-refractivity contribution in [1.82, 2.24) is 0 Å². The summed E-state index contributed by atoms with van der Waals surface area (Å²) in [5.74, 6) is 3.91. The van der Waals surface area contributed by atoms with Gasteiger partial charge in [0.2, 0.25) is 0 Å². The summed E-state index contributed by atoms with van der Waals surface area (Å²) in [6.07, 6.45) is 0. The molecule has 0 radical (unpaired) electrons. The molecule has 0 bridgehead atoms. The summed E-state index contributed by atoms with van der Waals surface area (Å²) in [6, 6.07) is 8.17. The number of furan rings is 1. The Balaban J connectivity index is 1.91. The van der Waals surface area contributed by atoms with E-state index in [2.05, 4.69) is 41.1 Å². The van der Waals surface area contributed by atoms with Gasteiger partial charge in [0.1, 0.15) is 11.5 Å². The second kappa shape index (κ2) is 5.76. The number of ether oxygens (including phenoxy) is 2. The summed E-state index contributed by atoms with van der Waals surface area (Å²) in [6.45, 7) is 7.46. The average Bonchev–Trinajstić information content (AvgIpc) is 2.69. The van der Waals surface area contributed by atoms with Crippen molar-refractivity contribution in [1.29, 1.82) is 0 Å². The molecule has 0 spiro atoms. The third kappa shape index (κ3) is 2.95. The number of alkyl halides is 1. The lowest BCUT2D eigenvalue weighted by atomic mass is 10.0. The summed E-state index contributed by atoms with van der Waals surface area (Å²) >= 11 is 3.76. The molecule has 2 aromatic rings. The number of hydrogen-bond acceptors (Lipinski definition) is 3. The van der Waals surface area contributed by atoms with Crippen molar-refractivity contribution in [2.24, 2.45) is 5.92 Å². The summed E-state index contributed by atoms with van der Waals surface area (Å²) in [7, 11) is 0. The molecule has 1 aromatic carbocycles. The van der Waals surface area contributed by atoms with Crippen LogP contribution in [0.1, 0.15) is 34.4 Å². The van der Waals surface area contributed by atoms with Gasteiger partial charge in [-0.1, -0.05) is 28.9 Å². The molecule has 0 aliphatic carbocycles. The van der Waals surface area contributed by atoms with Crippen LogP contribution >= 0.6 is 15.9 Å². The van der Waals surface area contributed by atoms with Crippen LogP contribution in [0.4, 0.5) is 0 Å². The molecule has 2 heterocycles. The van der Waals surface area contributed by atoms with E-state index in [4.69, 9.17) is 13.9 Å². The fourth-order valence-electron chi connectivity index (χ4n) is 2.51. The van der Waals surface area contributed by atoms with E-state index in [1.165, 1.54) is 0 Å². The first-order chi connectivity index (χ1) is 10.0. The van der Waals surface area contributed by atoms with Crippen molar-refractivity contribution >= 4 is 15.9 Å². The number of aryl methyl sites for hydroxylation is 2. The summed E-state index contributed by atoms with van der Waals surface area (Å²) in [5.41, 5.74) is 2.28. The van der Waals surface area contributed by atoms with Crippen LogP contribution in [-0.2, 0) is 0 Å². The molecule has 2 atom stereocenters. The second-order valence-electron chi connectivity index (χ2n) is 5.66. The van der Waals surface area contributed by atoms with Gasteiger partial charge in [0, 0.05) is 11.5 Å². The summed E-state index contributed by atoms with van der Waals surface area (Å²) in [5, 5.41) is 0. The van der Waals surface area contributed by atoms with Crippen molar-refractivity contribution in [2.45, 2.75) is 25.6 Å². The zero-order chi connectivity index (χ0) is 15.0. The maximum absolute atomic E-state index is 5.85. The van der Waals surface area contributed by atoms with Gasteiger partial charge in [-0.3, -0.25) is 0 Å². The zero-order valence-corrected chi connectivity index (χ0v) is 14.1. The Labute approximate surface area is 133 Å². The van der Waals surface area contributed by atoms with Crippen molar-refractivity contribution in [3.05, 3.63) is 46.9 Å². The Bertz CT molecular complexity index is 647. The van der Waals surface area contributed by atoms with Crippen LogP contribution in [0, 0.1) is 19.8 Å². The average molecular weight is 351 g/mol. The van der Waals surface area contributed by atoms with Crippen LogP contribution in [0.3, 0.4) is 0 Å². The van der Waals surface area contributed by atoms with Crippen molar-refractivity contribution in [3.8, 4) is 11.5 Å². The third-order valence-electron chi connectivity index (χ3n) is 3.66. The molecule has 0 saturated carbocycles. The van der Waals surface area contributed by atoms with E-state index < -0.39 is 0 Å². The minimum Gasteiger partial charge on any atom is -0.489 e. The Kier molecular flexibility index (Phi) is 3.98. The van der Waals surface area contributed by atoms with Gasteiger partial charge in [-0.15, -0.1) is 0 Å². The maximum atomic E-state index is 5.85. The molecule has 1 aliphatic rings. The van der Waals surface area contributed by atoms with Gasteiger partial charge in [0.25, 0.3) is 0 Å².